The lowest BCUT2D eigenvalue weighted by molar-refractivity contribution is -0.385. The van der Waals surface area contributed by atoms with Crippen LogP contribution in [0.25, 0.3) is 0 Å². The van der Waals surface area contributed by atoms with Crippen LogP contribution in [-0.2, 0) is 11.3 Å². The first-order chi connectivity index (χ1) is 8.90. The standard InChI is InChI=1S/C12H16BrN3O3/c1-8(2)15-12(17)7-14-6-9-3-4-10(13)5-11(9)16(18)19/h3-5,8,14H,6-7H2,1-2H3,(H,15,17). The van der Waals surface area contributed by atoms with E-state index in [0.717, 1.165) is 0 Å². The molecular weight excluding hydrogens is 314 g/mol. The van der Waals surface area contributed by atoms with Gasteiger partial charge in [-0.3, -0.25) is 14.9 Å². The highest BCUT2D eigenvalue weighted by Gasteiger charge is 2.14. The number of nitro benzene ring substituents is 1. The summed E-state index contributed by atoms with van der Waals surface area (Å²) in [7, 11) is 0. The Balaban J connectivity index is 2.58. The van der Waals surface area contributed by atoms with E-state index >= 15 is 0 Å². The van der Waals surface area contributed by atoms with E-state index in [1.54, 1.807) is 12.1 Å². The number of amides is 1. The van der Waals surface area contributed by atoms with Crippen molar-refractivity contribution in [1.82, 2.24) is 10.6 Å². The van der Waals surface area contributed by atoms with Gasteiger partial charge in [-0.25, -0.2) is 0 Å². The van der Waals surface area contributed by atoms with Gasteiger partial charge in [0.05, 0.1) is 11.5 Å². The molecule has 0 aliphatic heterocycles. The van der Waals surface area contributed by atoms with Crippen molar-refractivity contribution in [2.24, 2.45) is 0 Å². The maximum absolute atomic E-state index is 11.4. The third-order valence-electron chi connectivity index (χ3n) is 2.29. The maximum atomic E-state index is 11.4. The summed E-state index contributed by atoms with van der Waals surface area (Å²) in [4.78, 5) is 21.9. The van der Waals surface area contributed by atoms with Gasteiger partial charge >= 0.3 is 0 Å². The first-order valence-electron chi connectivity index (χ1n) is 5.83. The number of halogens is 1. The molecule has 0 atom stereocenters. The molecule has 0 saturated carbocycles. The molecule has 1 rings (SSSR count). The number of carbonyl (C=O) groups excluding carboxylic acids is 1. The van der Waals surface area contributed by atoms with Crippen molar-refractivity contribution in [3.63, 3.8) is 0 Å². The maximum Gasteiger partial charge on any atom is 0.275 e. The quantitative estimate of drug-likeness (QED) is 0.617. The van der Waals surface area contributed by atoms with Crippen molar-refractivity contribution in [1.29, 1.82) is 0 Å². The molecule has 0 aromatic heterocycles. The highest BCUT2D eigenvalue weighted by Crippen LogP contribution is 2.23. The molecule has 1 aromatic rings. The number of rotatable bonds is 6. The number of nitrogens with zero attached hydrogens (tertiary/aromatic N) is 1. The molecule has 0 fully saturated rings. The Morgan fingerprint density at radius 2 is 2.16 bits per heavy atom. The molecule has 0 aliphatic carbocycles. The number of carbonyl (C=O) groups is 1. The van der Waals surface area contributed by atoms with Gasteiger partial charge in [0, 0.05) is 28.7 Å². The van der Waals surface area contributed by atoms with Gasteiger partial charge < -0.3 is 10.6 Å². The van der Waals surface area contributed by atoms with Crippen LogP contribution in [-0.4, -0.2) is 23.4 Å². The Kier molecular flexibility index (Phi) is 5.91. The predicted octanol–water partition coefficient (Wildman–Crippen LogP) is 1.97. The van der Waals surface area contributed by atoms with Crippen LogP contribution in [0.15, 0.2) is 22.7 Å². The molecule has 19 heavy (non-hydrogen) atoms. The number of nitrogens with one attached hydrogen (secondary N) is 2. The van der Waals surface area contributed by atoms with E-state index in [1.165, 1.54) is 6.07 Å². The third-order valence-corrected chi connectivity index (χ3v) is 2.79. The van der Waals surface area contributed by atoms with Crippen molar-refractivity contribution in [2.75, 3.05) is 6.54 Å². The van der Waals surface area contributed by atoms with Gasteiger partial charge in [0.25, 0.3) is 5.69 Å². The van der Waals surface area contributed by atoms with Crippen molar-refractivity contribution in [2.45, 2.75) is 26.4 Å². The van der Waals surface area contributed by atoms with Gasteiger partial charge in [0.1, 0.15) is 0 Å². The molecule has 0 saturated heterocycles. The van der Waals surface area contributed by atoms with Gasteiger partial charge in [-0.1, -0.05) is 15.9 Å². The van der Waals surface area contributed by atoms with Crippen molar-refractivity contribution in [3.05, 3.63) is 38.3 Å². The minimum Gasteiger partial charge on any atom is -0.353 e. The summed E-state index contributed by atoms with van der Waals surface area (Å²) in [5.41, 5.74) is 0.580. The second kappa shape index (κ2) is 7.20. The van der Waals surface area contributed by atoms with Crippen LogP contribution in [0.5, 0.6) is 0 Å². The second-order valence-electron chi connectivity index (χ2n) is 4.36. The highest BCUT2D eigenvalue weighted by molar-refractivity contribution is 9.10. The van der Waals surface area contributed by atoms with Crippen LogP contribution in [0, 0.1) is 10.1 Å². The van der Waals surface area contributed by atoms with E-state index in [2.05, 4.69) is 26.6 Å². The summed E-state index contributed by atoms with van der Waals surface area (Å²) in [5.74, 6) is -0.130. The van der Waals surface area contributed by atoms with Crippen molar-refractivity contribution < 1.29 is 9.72 Å². The fourth-order valence-electron chi connectivity index (χ4n) is 1.54. The molecule has 7 heteroatoms. The zero-order valence-electron chi connectivity index (χ0n) is 10.8. The average molecular weight is 330 g/mol. The summed E-state index contributed by atoms with van der Waals surface area (Å²) in [6.07, 6.45) is 0. The fraction of sp³-hybridized carbons (Fsp3) is 0.417. The van der Waals surface area contributed by atoms with Crippen LogP contribution in [0.1, 0.15) is 19.4 Å². The van der Waals surface area contributed by atoms with E-state index in [9.17, 15) is 14.9 Å². The Morgan fingerprint density at radius 3 is 2.74 bits per heavy atom. The third kappa shape index (κ3) is 5.35. The second-order valence-corrected chi connectivity index (χ2v) is 5.27. The van der Waals surface area contributed by atoms with Crippen LogP contribution >= 0.6 is 15.9 Å². The van der Waals surface area contributed by atoms with E-state index in [0.29, 0.717) is 10.0 Å². The summed E-state index contributed by atoms with van der Waals surface area (Å²) in [6.45, 7) is 4.15. The van der Waals surface area contributed by atoms with Crippen LogP contribution < -0.4 is 10.6 Å². The average Bonchev–Trinajstić information content (AvgIpc) is 2.29. The normalized spacial score (nSPS) is 10.5. The summed E-state index contributed by atoms with van der Waals surface area (Å²) in [6, 6.07) is 4.93. The molecule has 1 aromatic carbocycles. The monoisotopic (exact) mass is 329 g/mol. The Hall–Kier alpha value is -1.47. The Morgan fingerprint density at radius 1 is 1.47 bits per heavy atom. The summed E-state index contributed by atoms with van der Waals surface area (Å²) < 4.78 is 0.653. The fourth-order valence-corrected chi connectivity index (χ4v) is 1.89. The smallest absolute Gasteiger partial charge is 0.275 e. The topological polar surface area (TPSA) is 84.3 Å². The molecule has 0 unspecified atom stereocenters. The van der Waals surface area contributed by atoms with Gasteiger partial charge in [0.2, 0.25) is 5.91 Å². The lowest BCUT2D eigenvalue weighted by Gasteiger charge is -2.09. The molecule has 0 aliphatic rings. The molecule has 0 spiro atoms. The van der Waals surface area contributed by atoms with E-state index in [1.807, 2.05) is 13.8 Å². The largest absolute Gasteiger partial charge is 0.353 e. The molecule has 0 heterocycles. The first-order valence-corrected chi connectivity index (χ1v) is 6.62. The molecule has 1 amide bonds. The highest BCUT2D eigenvalue weighted by atomic mass is 79.9. The number of benzene rings is 1. The molecule has 104 valence electrons. The van der Waals surface area contributed by atoms with Gasteiger partial charge in [-0.05, 0) is 26.0 Å². The minimum atomic E-state index is -0.435. The zero-order valence-corrected chi connectivity index (χ0v) is 12.4. The van der Waals surface area contributed by atoms with Crippen LogP contribution in [0.3, 0.4) is 0 Å². The zero-order chi connectivity index (χ0) is 14.4. The van der Waals surface area contributed by atoms with E-state index in [-0.39, 0.29) is 30.7 Å². The molecule has 2 N–H and O–H groups in total. The number of hydrogen-bond acceptors (Lipinski definition) is 4. The molecule has 0 radical (unpaired) electrons. The summed E-state index contributed by atoms with van der Waals surface area (Å²) in [5, 5.41) is 16.5. The Bertz CT molecular complexity index is 477. The predicted molar refractivity (Wildman–Crippen MR) is 75.8 cm³/mol. The van der Waals surface area contributed by atoms with Gasteiger partial charge in [-0.15, -0.1) is 0 Å². The molecule has 6 nitrogen and oxygen atoms in total. The number of hydrogen-bond donors (Lipinski definition) is 2. The van der Waals surface area contributed by atoms with Crippen molar-refractivity contribution >= 4 is 27.5 Å². The minimum absolute atomic E-state index is 0.0335. The molecule has 0 bridgehead atoms. The van der Waals surface area contributed by atoms with Crippen molar-refractivity contribution in [3.8, 4) is 0 Å². The van der Waals surface area contributed by atoms with E-state index in [4.69, 9.17) is 0 Å². The SMILES string of the molecule is CC(C)NC(=O)CNCc1ccc(Br)cc1[N+](=O)[O-]. The van der Waals surface area contributed by atoms with Crippen LogP contribution in [0.2, 0.25) is 0 Å². The molecular formula is C12H16BrN3O3. The lowest BCUT2D eigenvalue weighted by atomic mass is 10.2. The number of nitro groups is 1. The van der Waals surface area contributed by atoms with Gasteiger partial charge in [-0.2, -0.15) is 0 Å². The first kappa shape index (κ1) is 15.6. The Labute approximate surface area is 119 Å². The van der Waals surface area contributed by atoms with Crippen LogP contribution in [0.4, 0.5) is 5.69 Å². The summed E-state index contributed by atoms with van der Waals surface area (Å²) >= 11 is 3.19. The van der Waals surface area contributed by atoms with Gasteiger partial charge in [0.15, 0.2) is 0 Å². The van der Waals surface area contributed by atoms with E-state index < -0.39 is 4.92 Å². The lowest BCUT2D eigenvalue weighted by Crippen LogP contribution is -2.37.